The van der Waals surface area contributed by atoms with Crippen molar-refractivity contribution in [3.8, 4) is 11.1 Å². The van der Waals surface area contributed by atoms with Gasteiger partial charge in [0.25, 0.3) is 0 Å². The zero-order valence-electron chi connectivity index (χ0n) is 17.8. The molecule has 1 saturated carbocycles. The Kier molecular flexibility index (Phi) is 5.42. The lowest BCUT2D eigenvalue weighted by molar-refractivity contribution is -0.139. The number of nitrogens with zero attached hydrogens (tertiary/aromatic N) is 3. The molecule has 0 bridgehead atoms. The summed E-state index contributed by atoms with van der Waals surface area (Å²) in [7, 11) is 0. The minimum Gasteiger partial charge on any atom is -0.393 e. The summed E-state index contributed by atoms with van der Waals surface area (Å²) in [5.41, 5.74) is 1.60. The Bertz CT molecular complexity index is 925. The second-order valence-corrected chi connectivity index (χ2v) is 9.43. The van der Waals surface area contributed by atoms with Crippen molar-refractivity contribution in [2.24, 2.45) is 5.41 Å². The van der Waals surface area contributed by atoms with Gasteiger partial charge in [-0.3, -0.25) is 4.79 Å². The summed E-state index contributed by atoms with van der Waals surface area (Å²) in [5, 5.41) is 9.81. The van der Waals surface area contributed by atoms with Gasteiger partial charge in [-0.05, 0) is 74.8 Å². The van der Waals surface area contributed by atoms with Crippen LogP contribution in [-0.2, 0) is 4.79 Å². The van der Waals surface area contributed by atoms with Gasteiger partial charge in [-0.25, -0.2) is 9.37 Å². The number of likely N-dealkylation sites (tertiary alicyclic amines) is 1. The molecule has 2 saturated heterocycles. The smallest absolute Gasteiger partial charge is 0.230 e. The van der Waals surface area contributed by atoms with Crippen LogP contribution < -0.4 is 4.90 Å². The lowest BCUT2D eigenvalue weighted by atomic mass is 9.78. The standard InChI is InChI=1S/C25H30FN3O2/c26-20-5-2-18(3-6-20)19-4-11-23(27-16-19)28-14-1-12-25(17-28)13-15-29(24(25)31)21-7-9-22(30)10-8-21/h2-6,11,16,21-22,30H,1,7-10,12-15,17H2/t21-,22-,25-/m0/s1. The number of rotatable bonds is 3. The van der Waals surface area contributed by atoms with Crippen LogP contribution in [0.5, 0.6) is 0 Å². The summed E-state index contributed by atoms with van der Waals surface area (Å²) in [4.78, 5) is 22.5. The number of aliphatic hydroxyl groups excluding tert-OH is 1. The molecule has 31 heavy (non-hydrogen) atoms. The van der Waals surface area contributed by atoms with Gasteiger partial charge in [-0.2, -0.15) is 0 Å². The molecule has 2 aromatic rings. The Balaban J connectivity index is 1.29. The van der Waals surface area contributed by atoms with E-state index in [1.807, 2.05) is 18.3 Å². The quantitative estimate of drug-likeness (QED) is 0.811. The predicted molar refractivity (Wildman–Crippen MR) is 118 cm³/mol. The molecular formula is C25H30FN3O2. The molecule has 0 radical (unpaired) electrons. The van der Waals surface area contributed by atoms with Gasteiger partial charge in [-0.15, -0.1) is 0 Å². The van der Waals surface area contributed by atoms with Crippen LogP contribution in [0.25, 0.3) is 11.1 Å². The van der Waals surface area contributed by atoms with Gasteiger partial charge in [0.15, 0.2) is 0 Å². The Morgan fingerprint density at radius 3 is 2.42 bits per heavy atom. The summed E-state index contributed by atoms with van der Waals surface area (Å²) < 4.78 is 13.2. The topological polar surface area (TPSA) is 56.7 Å². The van der Waals surface area contributed by atoms with E-state index in [1.165, 1.54) is 12.1 Å². The van der Waals surface area contributed by atoms with Crippen LogP contribution in [0.3, 0.4) is 0 Å². The van der Waals surface area contributed by atoms with Crippen molar-refractivity contribution in [1.29, 1.82) is 0 Å². The van der Waals surface area contributed by atoms with E-state index in [0.717, 1.165) is 81.5 Å². The molecule has 3 aliphatic rings. The zero-order valence-corrected chi connectivity index (χ0v) is 17.8. The first-order chi connectivity index (χ1) is 15.0. The van der Waals surface area contributed by atoms with Crippen molar-refractivity contribution >= 4 is 11.7 Å². The maximum atomic E-state index is 13.5. The number of benzene rings is 1. The fourth-order valence-corrected chi connectivity index (χ4v) is 5.66. The number of piperidine rings is 1. The molecule has 3 heterocycles. The Morgan fingerprint density at radius 2 is 1.71 bits per heavy atom. The SMILES string of the molecule is O=C1N([C@H]2CC[C@H](O)CC2)CC[C@]12CCCN(c1ccc(-c3ccc(F)cc3)cn1)C2. The van der Waals surface area contributed by atoms with Gasteiger partial charge in [0, 0.05) is 37.4 Å². The first-order valence-electron chi connectivity index (χ1n) is 11.5. The van der Waals surface area contributed by atoms with Gasteiger partial charge in [0.2, 0.25) is 5.91 Å². The highest BCUT2D eigenvalue weighted by molar-refractivity contribution is 5.86. The molecule has 0 unspecified atom stereocenters. The van der Waals surface area contributed by atoms with E-state index in [9.17, 15) is 14.3 Å². The third kappa shape index (κ3) is 3.93. The number of halogens is 1. The van der Waals surface area contributed by atoms with E-state index in [4.69, 9.17) is 0 Å². The summed E-state index contributed by atoms with van der Waals surface area (Å²) >= 11 is 0. The molecule has 2 aliphatic heterocycles. The summed E-state index contributed by atoms with van der Waals surface area (Å²) in [6.07, 6.45) is 7.92. The molecule has 6 heteroatoms. The largest absolute Gasteiger partial charge is 0.393 e. The van der Waals surface area contributed by atoms with E-state index >= 15 is 0 Å². The molecule has 1 aromatic heterocycles. The molecule has 164 valence electrons. The van der Waals surface area contributed by atoms with Crippen LogP contribution in [0.4, 0.5) is 10.2 Å². The van der Waals surface area contributed by atoms with E-state index < -0.39 is 0 Å². The number of carbonyl (C=O) groups excluding carboxylic acids is 1. The highest BCUT2D eigenvalue weighted by atomic mass is 19.1. The third-order valence-electron chi connectivity index (χ3n) is 7.48. The Morgan fingerprint density at radius 1 is 0.968 bits per heavy atom. The number of carbonyl (C=O) groups is 1. The number of aliphatic hydroxyl groups is 1. The summed E-state index contributed by atoms with van der Waals surface area (Å²) in [5.74, 6) is 0.963. The average molecular weight is 424 g/mol. The van der Waals surface area contributed by atoms with Gasteiger partial charge in [0.05, 0.1) is 11.5 Å². The zero-order chi connectivity index (χ0) is 21.4. The third-order valence-corrected chi connectivity index (χ3v) is 7.48. The van der Waals surface area contributed by atoms with Crippen molar-refractivity contribution in [3.63, 3.8) is 0 Å². The number of hydrogen-bond acceptors (Lipinski definition) is 4. The van der Waals surface area contributed by atoms with Crippen LogP contribution >= 0.6 is 0 Å². The molecule has 1 N–H and O–H groups in total. The fourth-order valence-electron chi connectivity index (χ4n) is 5.66. The molecule has 1 aliphatic carbocycles. The molecule has 1 atom stereocenters. The van der Waals surface area contributed by atoms with Crippen LogP contribution in [0.2, 0.25) is 0 Å². The number of anilines is 1. The minimum atomic E-state index is -0.300. The summed E-state index contributed by atoms with van der Waals surface area (Å²) in [6, 6.07) is 10.8. The maximum Gasteiger partial charge on any atom is 0.230 e. The van der Waals surface area contributed by atoms with Crippen molar-refractivity contribution < 1.29 is 14.3 Å². The number of aromatic nitrogens is 1. The maximum absolute atomic E-state index is 13.5. The van der Waals surface area contributed by atoms with E-state index in [2.05, 4.69) is 14.8 Å². The highest BCUT2D eigenvalue weighted by Gasteiger charge is 2.50. The number of hydrogen-bond donors (Lipinski definition) is 1. The van der Waals surface area contributed by atoms with Crippen LogP contribution in [0, 0.1) is 11.2 Å². The van der Waals surface area contributed by atoms with Crippen molar-refractivity contribution in [2.45, 2.75) is 57.1 Å². The Hall–Kier alpha value is -2.47. The van der Waals surface area contributed by atoms with Crippen molar-refractivity contribution in [2.75, 3.05) is 24.5 Å². The molecule has 1 amide bonds. The normalized spacial score (nSPS) is 29.0. The molecule has 5 nitrogen and oxygen atoms in total. The Labute approximate surface area is 182 Å². The second-order valence-electron chi connectivity index (χ2n) is 9.43. The van der Waals surface area contributed by atoms with Crippen LogP contribution in [-0.4, -0.2) is 52.7 Å². The number of pyridine rings is 1. The predicted octanol–water partition coefficient (Wildman–Crippen LogP) is 4.01. The average Bonchev–Trinajstić information content (AvgIpc) is 3.10. The molecule has 5 rings (SSSR count). The van der Waals surface area contributed by atoms with Crippen LogP contribution in [0.15, 0.2) is 42.6 Å². The first-order valence-corrected chi connectivity index (χ1v) is 11.5. The van der Waals surface area contributed by atoms with Gasteiger partial charge in [-0.1, -0.05) is 12.1 Å². The highest BCUT2D eigenvalue weighted by Crippen LogP contribution is 2.43. The fraction of sp³-hybridized carbons (Fsp3) is 0.520. The lowest BCUT2D eigenvalue weighted by Gasteiger charge is -2.41. The van der Waals surface area contributed by atoms with Gasteiger partial charge >= 0.3 is 0 Å². The van der Waals surface area contributed by atoms with Gasteiger partial charge in [0.1, 0.15) is 11.6 Å². The lowest BCUT2D eigenvalue weighted by Crippen LogP contribution is -2.50. The molecule has 1 aromatic carbocycles. The minimum absolute atomic E-state index is 0.197. The molecule has 3 fully saturated rings. The van der Waals surface area contributed by atoms with Crippen molar-refractivity contribution in [1.82, 2.24) is 9.88 Å². The molecular weight excluding hydrogens is 393 g/mol. The van der Waals surface area contributed by atoms with Gasteiger partial charge < -0.3 is 14.9 Å². The number of amides is 1. The van der Waals surface area contributed by atoms with Crippen LogP contribution in [0.1, 0.15) is 44.9 Å². The summed E-state index contributed by atoms with van der Waals surface area (Å²) in [6.45, 7) is 2.47. The first kappa shape index (κ1) is 20.4. The van der Waals surface area contributed by atoms with Crippen molar-refractivity contribution in [3.05, 3.63) is 48.4 Å². The molecule has 1 spiro atoms. The van der Waals surface area contributed by atoms with E-state index in [0.29, 0.717) is 11.9 Å². The second kappa shape index (κ2) is 8.23. The monoisotopic (exact) mass is 423 g/mol. The van der Waals surface area contributed by atoms with E-state index in [-0.39, 0.29) is 17.3 Å². The van der Waals surface area contributed by atoms with E-state index in [1.54, 1.807) is 12.1 Å².